The van der Waals surface area contributed by atoms with Crippen molar-refractivity contribution in [1.82, 2.24) is 4.98 Å². The lowest BCUT2D eigenvalue weighted by molar-refractivity contribution is 1.25. The van der Waals surface area contributed by atoms with E-state index in [2.05, 4.69) is 4.98 Å². The van der Waals surface area contributed by atoms with Crippen molar-refractivity contribution in [3.05, 3.63) is 17.3 Å². The fourth-order valence-corrected chi connectivity index (χ4v) is 1.16. The smallest absolute Gasteiger partial charge is 0.142 e. The Hall–Kier alpha value is -0.920. The molecule has 0 fully saturated rings. The van der Waals surface area contributed by atoms with Crippen LogP contribution in [0.5, 0.6) is 0 Å². The van der Waals surface area contributed by atoms with Crippen molar-refractivity contribution < 1.29 is 0 Å². The summed E-state index contributed by atoms with van der Waals surface area (Å²) in [5.41, 5.74) is 5.35. The molecule has 0 aliphatic carbocycles. The molecule has 56 valence electrons. The molecule has 0 spiro atoms. The fraction of sp³-hybridized carbons (Fsp3) is 0. The summed E-state index contributed by atoms with van der Waals surface area (Å²) in [5.74, 6) is 0.286. The highest BCUT2D eigenvalue weighted by Gasteiger charge is 1.98. The van der Waals surface area contributed by atoms with Gasteiger partial charge in [-0.3, -0.25) is 0 Å². The van der Waals surface area contributed by atoms with Crippen molar-refractivity contribution >= 4 is 29.2 Å². The molecule has 1 aromatic rings. The van der Waals surface area contributed by atoms with E-state index < -0.39 is 0 Å². The van der Waals surface area contributed by atoms with Crippen molar-refractivity contribution in [1.29, 1.82) is 5.26 Å². The van der Waals surface area contributed by atoms with Crippen LogP contribution in [0.4, 0.5) is 5.82 Å². The van der Waals surface area contributed by atoms with Gasteiger partial charge in [0.05, 0.1) is 5.02 Å². The Labute approximate surface area is 73.2 Å². The van der Waals surface area contributed by atoms with Crippen LogP contribution in [0.25, 0.3) is 0 Å². The molecule has 1 aromatic heterocycles. The number of nitrogens with zero attached hydrogens (tertiary/aromatic N) is 2. The zero-order chi connectivity index (χ0) is 8.27. The van der Waals surface area contributed by atoms with E-state index in [4.69, 9.17) is 22.6 Å². The van der Waals surface area contributed by atoms with E-state index in [0.717, 1.165) is 11.8 Å². The lowest BCUT2D eigenvalue weighted by atomic mass is 10.5. The molecular formula is C6H4ClN3S. The first kappa shape index (κ1) is 8.18. The number of hydrogen-bond acceptors (Lipinski definition) is 4. The molecule has 0 atom stereocenters. The van der Waals surface area contributed by atoms with Gasteiger partial charge in [0.1, 0.15) is 11.2 Å². The van der Waals surface area contributed by atoms with Gasteiger partial charge in [0.25, 0.3) is 0 Å². The number of thioether (sulfide) groups is 1. The third-order valence-corrected chi connectivity index (χ3v) is 1.86. The summed E-state index contributed by atoms with van der Waals surface area (Å²) in [6.45, 7) is 0. The van der Waals surface area contributed by atoms with Gasteiger partial charge >= 0.3 is 0 Å². The van der Waals surface area contributed by atoms with Crippen molar-refractivity contribution in [3.63, 3.8) is 0 Å². The average molecular weight is 186 g/mol. The molecule has 2 N–H and O–H groups in total. The van der Waals surface area contributed by atoms with Gasteiger partial charge in [0.15, 0.2) is 0 Å². The van der Waals surface area contributed by atoms with Gasteiger partial charge in [0.2, 0.25) is 0 Å². The molecule has 0 aromatic carbocycles. The van der Waals surface area contributed by atoms with Crippen LogP contribution in [0.2, 0.25) is 5.02 Å². The van der Waals surface area contributed by atoms with E-state index in [-0.39, 0.29) is 5.82 Å². The monoisotopic (exact) mass is 185 g/mol. The Morgan fingerprint density at radius 1 is 1.73 bits per heavy atom. The van der Waals surface area contributed by atoms with Crippen LogP contribution in [0.1, 0.15) is 0 Å². The van der Waals surface area contributed by atoms with Crippen LogP contribution in [0.3, 0.4) is 0 Å². The van der Waals surface area contributed by atoms with Gasteiger partial charge in [-0.25, -0.2) is 4.98 Å². The molecule has 0 radical (unpaired) electrons. The second-order valence-corrected chi connectivity index (χ2v) is 3.00. The molecule has 0 bridgehead atoms. The second kappa shape index (κ2) is 3.46. The van der Waals surface area contributed by atoms with Crippen LogP contribution in [0, 0.1) is 10.7 Å². The van der Waals surface area contributed by atoms with Gasteiger partial charge in [-0.2, -0.15) is 5.26 Å². The molecule has 0 saturated heterocycles. The zero-order valence-corrected chi connectivity index (χ0v) is 6.99. The lowest BCUT2D eigenvalue weighted by Gasteiger charge is -1.96. The number of thiocyanates is 1. The quantitative estimate of drug-likeness (QED) is 0.536. The molecule has 1 rings (SSSR count). The number of aromatic nitrogens is 1. The number of halogens is 1. The van der Waals surface area contributed by atoms with E-state index in [0.29, 0.717) is 9.92 Å². The van der Waals surface area contributed by atoms with Gasteiger partial charge < -0.3 is 5.73 Å². The van der Waals surface area contributed by atoms with Gasteiger partial charge in [-0.05, 0) is 17.8 Å². The molecular weight excluding hydrogens is 182 g/mol. The summed E-state index contributed by atoms with van der Waals surface area (Å²) < 4.78 is 0. The number of rotatable bonds is 1. The summed E-state index contributed by atoms with van der Waals surface area (Å²) in [6.07, 6.45) is 1.51. The largest absolute Gasteiger partial charge is 0.382 e. The van der Waals surface area contributed by atoms with Crippen LogP contribution < -0.4 is 5.73 Å². The molecule has 11 heavy (non-hydrogen) atoms. The van der Waals surface area contributed by atoms with Crippen LogP contribution >= 0.6 is 23.4 Å². The summed E-state index contributed by atoms with van der Waals surface area (Å²) in [4.78, 5) is 4.47. The Kier molecular flexibility index (Phi) is 2.58. The Morgan fingerprint density at radius 2 is 2.45 bits per heavy atom. The third kappa shape index (κ3) is 2.00. The highest BCUT2D eigenvalue weighted by Crippen LogP contribution is 2.22. The van der Waals surface area contributed by atoms with Crippen molar-refractivity contribution in [2.75, 3.05) is 5.73 Å². The number of hydrogen-bond donors (Lipinski definition) is 1. The van der Waals surface area contributed by atoms with Crippen molar-refractivity contribution in [3.8, 4) is 5.40 Å². The molecule has 0 saturated carbocycles. The SMILES string of the molecule is N#CSc1cnc(N)c(Cl)c1. The topological polar surface area (TPSA) is 62.7 Å². The number of pyridine rings is 1. The zero-order valence-electron chi connectivity index (χ0n) is 5.41. The molecule has 5 heteroatoms. The van der Waals surface area contributed by atoms with Crippen LogP contribution in [-0.4, -0.2) is 4.98 Å². The van der Waals surface area contributed by atoms with E-state index in [1.165, 1.54) is 6.20 Å². The number of nitriles is 1. The number of nitrogen functional groups attached to an aromatic ring is 1. The Morgan fingerprint density at radius 3 is 3.00 bits per heavy atom. The highest BCUT2D eigenvalue weighted by atomic mass is 35.5. The average Bonchev–Trinajstić information content (AvgIpc) is 1.98. The molecule has 0 unspecified atom stereocenters. The van der Waals surface area contributed by atoms with E-state index in [9.17, 15) is 0 Å². The summed E-state index contributed by atoms with van der Waals surface area (Å²) >= 11 is 6.64. The minimum Gasteiger partial charge on any atom is -0.382 e. The molecule has 0 aliphatic heterocycles. The molecule has 0 aliphatic rings. The fourth-order valence-electron chi connectivity index (χ4n) is 0.539. The van der Waals surface area contributed by atoms with Gasteiger partial charge in [-0.1, -0.05) is 11.6 Å². The standard InChI is InChI=1S/C6H4ClN3S/c7-5-1-4(11-3-8)2-10-6(5)9/h1-2H,(H2,9,10). The number of anilines is 1. The van der Waals surface area contributed by atoms with E-state index in [1.54, 1.807) is 6.07 Å². The summed E-state index contributed by atoms with van der Waals surface area (Å²) in [5, 5.41) is 10.6. The highest BCUT2D eigenvalue weighted by molar-refractivity contribution is 8.03. The first-order valence-corrected chi connectivity index (χ1v) is 3.90. The summed E-state index contributed by atoms with van der Waals surface area (Å²) in [6, 6.07) is 1.61. The summed E-state index contributed by atoms with van der Waals surface area (Å²) in [7, 11) is 0. The number of nitrogens with two attached hydrogens (primary N) is 1. The molecule has 3 nitrogen and oxygen atoms in total. The molecule has 1 heterocycles. The van der Waals surface area contributed by atoms with Gasteiger partial charge in [-0.15, -0.1) is 0 Å². The first-order chi connectivity index (χ1) is 5.24. The third-order valence-electron chi connectivity index (χ3n) is 1.01. The lowest BCUT2D eigenvalue weighted by Crippen LogP contribution is -1.89. The Balaban J connectivity index is 2.98. The second-order valence-electron chi connectivity index (χ2n) is 1.73. The van der Waals surface area contributed by atoms with Crippen molar-refractivity contribution in [2.45, 2.75) is 4.90 Å². The minimum absolute atomic E-state index is 0.286. The maximum absolute atomic E-state index is 8.29. The first-order valence-electron chi connectivity index (χ1n) is 2.71. The maximum Gasteiger partial charge on any atom is 0.142 e. The van der Waals surface area contributed by atoms with Gasteiger partial charge in [0, 0.05) is 11.1 Å². The predicted octanol–water partition coefficient (Wildman–Crippen LogP) is 1.89. The van der Waals surface area contributed by atoms with Crippen LogP contribution in [0.15, 0.2) is 17.2 Å². The normalized spacial score (nSPS) is 9.09. The predicted molar refractivity (Wildman–Crippen MR) is 45.1 cm³/mol. The van der Waals surface area contributed by atoms with Crippen molar-refractivity contribution in [2.24, 2.45) is 0 Å². The van der Waals surface area contributed by atoms with E-state index >= 15 is 0 Å². The maximum atomic E-state index is 8.29. The molecule has 0 amide bonds. The Bertz CT molecular complexity index is 307. The minimum atomic E-state index is 0.286. The van der Waals surface area contributed by atoms with Crippen LogP contribution in [-0.2, 0) is 0 Å². The van der Waals surface area contributed by atoms with E-state index in [1.807, 2.05) is 5.40 Å².